The second-order valence-electron chi connectivity index (χ2n) is 8.13. The van der Waals surface area contributed by atoms with E-state index in [0.29, 0.717) is 24.9 Å². The van der Waals surface area contributed by atoms with Gasteiger partial charge in [-0.2, -0.15) is 4.73 Å². The second kappa shape index (κ2) is 13.7. The number of aromatic nitrogens is 1. The Labute approximate surface area is 206 Å². The van der Waals surface area contributed by atoms with Crippen LogP contribution in [0.1, 0.15) is 63.4 Å². The highest BCUT2D eigenvalue weighted by Gasteiger charge is 2.37. The van der Waals surface area contributed by atoms with E-state index >= 15 is 0 Å². The lowest BCUT2D eigenvalue weighted by Gasteiger charge is -2.35. The molecule has 0 bridgehead atoms. The number of carbonyl (C=O) groups is 3. The van der Waals surface area contributed by atoms with Crippen molar-refractivity contribution in [3.8, 4) is 0 Å². The summed E-state index contributed by atoms with van der Waals surface area (Å²) >= 11 is 3.02. The van der Waals surface area contributed by atoms with Crippen molar-refractivity contribution in [1.29, 1.82) is 0 Å². The molecule has 1 aromatic rings. The number of fused-ring (bicyclic) bond motifs is 1. The smallest absolute Gasteiger partial charge is 0.332 e. The fourth-order valence-electron chi connectivity index (χ4n) is 3.46. The minimum Gasteiger partial charge on any atom is -0.449 e. The van der Waals surface area contributed by atoms with Gasteiger partial charge in [0, 0.05) is 19.2 Å². The summed E-state index contributed by atoms with van der Waals surface area (Å²) in [6.45, 7) is 6.03. The van der Waals surface area contributed by atoms with Crippen LogP contribution in [-0.4, -0.2) is 62.2 Å². The van der Waals surface area contributed by atoms with Gasteiger partial charge >= 0.3 is 11.9 Å². The Morgan fingerprint density at radius 1 is 1.26 bits per heavy atom. The van der Waals surface area contributed by atoms with E-state index in [2.05, 4.69) is 5.32 Å². The summed E-state index contributed by atoms with van der Waals surface area (Å²) in [6, 6.07) is 1.38. The van der Waals surface area contributed by atoms with Crippen LogP contribution in [0.15, 0.2) is 12.3 Å². The predicted octanol–water partition coefficient (Wildman–Crippen LogP) is 2.25. The van der Waals surface area contributed by atoms with E-state index in [4.69, 9.17) is 25.9 Å². The van der Waals surface area contributed by atoms with Crippen LogP contribution < -0.4 is 15.1 Å². The highest BCUT2D eigenvalue weighted by molar-refractivity contribution is 7.80. The fourth-order valence-corrected chi connectivity index (χ4v) is 4.22. The Morgan fingerprint density at radius 2 is 2.00 bits per heavy atom. The minimum atomic E-state index is -2.35. The molecule has 3 unspecified atom stereocenters. The lowest BCUT2D eigenvalue weighted by Crippen LogP contribution is -2.56. The van der Waals surface area contributed by atoms with Gasteiger partial charge in [-0.3, -0.25) is 9.59 Å². The molecule has 1 aliphatic heterocycles. The van der Waals surface area contributed by atoms with Crippen molar-refractivity contribution in [3.63, 3.8) is 0 Å². The topological polar surface area (TPSA) is 136 Å². The van der Waals surface area contributed by atoms with Crippen LogP contribution in [0, 0.1) is 5.92 Å². The number of nitrogens with zero attached hydrogens (tertiary/aromatic N) is 2. The number of halogens is 1. The average Bonchev–Trinajstić information content (AvgIpc) is 3.18. The highest BCUT2D eigenvalue weighted by Crippen LogP contribution is 2.28. The maximum absolute atomic E-state index is 12.6. The van der Waals surface area contributed by atoms with Gasteiger partial charge in [-0.25, -0.2) is 9.00 Å². The van der Waals surface area contributed by atoms with Gasteiger partial charge < -0.3 is 29.1 Å². The average molecular weight is 522 g/mol. The van der Waals surface area contributed by atoms with Crippen molar-refractivity contribution in [2.75, 3.05) is 24.1 Å². The Balaban J connectivity index is 1.93. The SMILES string of the molecule is CC(C)OCCN1c2ccn(OC(=O)CCCCCC(C)C(=O)OCCl)c2C(=O)NC1S(=O)O. The zero-order valence-corrected chi connectivity index (χ0v) is 21.1. The molecule has 2 heterocycles. The summed E-state index contributed by atoms with van der Waals surface area (Å²) in [5.74, 6) is -1.76. The second-order valence-corrected chi connectivity index (χ2v) is 9.34. The third-order valence-electron chi connectivity index (χ3n) is 5.18. The van der Waals surface area contributed by atoms with Crippen molar-refractivity contribution in [2.24, 2.45) is 5.92 Å². The maximum atomic E-state index is 12.6. The van der Waals surface area contributed by atoms with E-state index < -0.39 is 28.5 Å². The lowest BCUT2D eigenvalue weighted by atomic mass is 10.0. The first-order valence-electron chi connectivity index (χ1n) is 11.1. The molecule has 0 saturated carbocycles. The molecule has 2 N–H and O–H groups in total. The van der Waals surface area contributed by atoms with Gasteiger partial charge in [-0.1, -0.05) is 31.4 Å². The van der Waals surface area contributed by atoms with Crippen molar-refractivity contribution in [3.05, 3.63) is 18.0 Å². The van der Waals surface area contributed by atoms with Gasteiger partial charge in [0.05, 0.1) is 24.3 Å². The molecule has 192 valence electrons. The molecule has 1 aromatic heterocycles. The van der Waals surface area contributed by atoms with E-state index in [1.54, 1.807) is 13.0 Å². The molecule has 1 amide bonds. The van der Waals surface area contributed by atoms with Crippen molar-refractivity contribution in [2.45, 2.75) is 64.5 Å². The van der Waals surface area contributed by atoms with Crippen molar-refractivity contribution >= 4 is 46.2 Å². The number of nitrogens with one attached hydrogen (secondary N) is 1. The van der Waals surface area contributed by atoms with Crippen molar-refractivity contribution in [1.82, 2.24) is 10.0 Å². The van der Waals surface area contributed by atoms with Gasteiger partial charge in [0.1, 0.15) is 0 Å². The molecular formula is C21H32ClN3O8S. The number of hydrogen-bond acceptors (Lipinski definition) is 8. The summed E-state index contributed by atoms with van der Waals surface area (Å²) in [5, 5.41) is 2.47. The van der Waals surface area contributed by atoms with Gasteiger partial charge in [0.15, 0.2) is 22.8 Å². The summed E-state index contributed by atoms with van der Waals surface area (Å²) in [4.78, 5) is 43.3. The van der Waals surface area contributed by atoms with Gasteiger partial charge in [-0.05, 0) is 32.8 Å². The number of carbonyl (C=O) groups excluding carboxylic acids is 3. The molecule has 3 atom stereocenters. The molecule has 0 aliphatic carbocycles. The summed E-state index contributed by atoms with van der Waals surface area (Å²) in [7, 11) is 0. The minimum absolute atomic E-state index is 0.0230. The van der Waals surface area contributed by atoms with E-state index in [9.17, 15) is 23.1 Å². The Hall–Kier alpha value is -2.15. The van der Waals surface area contributed by atoms with Crippen molar-refractivity contribution < 1.29 is 37.5 Å². The molecule has 1 aliphatic rings. The Bertz CT molecular complexity index is 878. The number of alkyl halides is 1. The maximum Gasteiger partial charge on any atom is 0.332 e. The van der Waals surface area contributed by atoms with Crippen LogP contribution in [-0.2, 0) is 30.1 Å². The molecular weight excluding hydrogens is 490 g/mol. The van der Waals surface area contributed by atoms with Gasteiger partial charge in [0.2, 0.25) is 5.50 Å². The predicted molar refractivity (Wildman–Crippen MR) is 126 cm³/mol. The number of esters is 1. The molecule has 0 aromatic carbocycles. The van der Waals surface area contributed by atoms with Crippen LogP contribution in [0.5, 0.6) is 0 Å². The van der Waals surface area contributed by atoms with E-state index in [-0.39, 0.29) is 49.3 Å². The highest BCUT2D eigenvalue weighted by atomic mass is 35.5. The number of rotatable bonds is 14. The summed E-state index contributed by atoms with van der Waals surface area (Å²) < 4.78 is 32.8. The van der Waals surface area contributed by atoms with E-state index in [0.717, 1.165) is 11.2 Å². The zero-order chi connectivity index (χ0) is 25.3. The van der Waals surface area contributed by atoms with Crippen LogP contribution in [0.2, 0.25) is 0 Å². The first-order valence-corrected chi connectivity index (χ1v) is 12.8. The third-order valence-corrected chi connectivity index (χ3v) is 6.05. The zero-order valence-electron chi connectivity index (χ0n) is 19.5. The summed E-state index contributed by atoms with van der Waals surface area (Å²) in [5.41, 5.74) is -0.716. The van der Waals surface area contributed by atoms with Crippen LogP contribution >= 0.6 is 11.6 Å². The molecule has 34 heavy (non-hydrogen) atoms. The monoisotopic (exact) mass is 521 g/mol. The molecule has 0 fully saturated rings. The number of hydrogen-bond donors (Lipinski definition) is 2. The molecule has 0 spiro atoms. The number of anilines is 1. The first-order chi connectivity index (χ1) is 16.1. The number of unbranched alkanes of at least 4 members (excludes halogenated alkanes) is 2. The third kappa shape index (κ3) is 7.97. The molecule has 0 saturated heterocycles. The molecule has 13 heteroatoms. The van der Waals surface area contributed by atoms with E-state index in [1.807, 2.05) is 13.8 Å². The molecule has 0 radical (unpaired) electrons. The fraction of sp³-hybridized carbons (Fsp3) is 0.667. The molecule has 11 nitrogen and oxygen atoms in total. The first kappa shape index (κ1) is 28.1. The van der Waals surface area contributed by atoms with Gasteiger partial charge in [-0.15, -0.1) is 0 Å². The summed E-state index contributed by atoms with van der Waals surface area (Å²) in [6.07, 6.45) is 4.15. The quantitative estimate of drug-likeness (QED) is 0.163. The van der Waals surface area contributed by atoms with E-state index in [1.165, 1.54) is 11.1 Å². The normalized spacial score (nSPS) is 17.2. The standard InChI is InChI=1S/C21H32ClN3O8S/c1-14(2)31-12-11-24-16-9-10-25(18(16)19(27)23-21(24)34(29)30)33-17(26)8-6-4-5-7-15(3)20(28)32-13-22/h9-10,14-15,21H,4-8,11-13H2,1-3H3,(H,23,27)(H,29,30). The van der Waals surface area contributed by atoms with Gasteiger partial charge in [0.25, 0.3) is 5.91 Å². The Kier molecular flexibility index (Phi) is 11.3. The lowest BCUT2D eigenvalue weighted by molar-refractivity contribution is -0.146. The van der Waals surface area contributed by atoms with Crippen LogP contribution in [0.3, 0.4) is 0 Å². The number of ether oxygens (including phenoxy) is 2. The molecule has 2 rings (SSSR count). The van der Waals surface area contributed by atoms with Crippen LogP contribution in [0.4, 0.5) is 5.69 Å². The van der Waals surface area contributed by atoms with Crippen LogP contribution in [0.25, 0.3) is 0 Å². The number of amides is 1. The Morgan fingerprint density at radius 3 is 2.65 bits per heavy atom. The largest absolute Gasteiger partial charge is 0.449 e.